The standard InChI is InChI=1S/C23H21N3O2/c1-15-7-4-5-9-18(15)23(27)25-19-13-17(10-11-21(19)28-3)20-14-26-12-6-8-16(2)22(26)24-20/h4-14H,1-3H3,(H,25,27). The Morgan fingerprint density at radius 1 is 1.04 bits per heavy atom. The number of hydrogen-bond acceptors (Lipinski definition) is 3. The summed E-state index contributed by atoms with van der Waals surface area (Å²) in [5.74, 6) is 0.435. The lowest BCUT2D eigenvalue weighted by Crippen LogP contribution is -2.14. The molecule has 2 aromatic carbocycles. The van der Waals surface area contributed by atoms with Gasteiger partial charge < -0.3 is 14.5 Å². The van der Waals surface area contributed by atoms with Gasteiger partial charge in [0.15, 0.2) is 0 Å². The highest BCUT2D eigenvalue weighted by Gasteiger charge is 2.14. The van der Waals surface area contributed by atoms with Crippen molar-refractivity contribution < 1.29 is 9.53 Å². The van der Waals surface area contributed by atoms with Gasteiger partial charge in [-0.3, -0.25) is 4.79 Å². The molecule has 0 aliphatic rings. The minimum absolute atomic E-state index is 0.167. The summed E-state index contributed by atoms with van der Waals surface area (Å²) in [6, 6.07) is 17.2. The summed E-state index contributed by atoms with van der Waals surface area (Å²) in [7, 11) is 1.59. The van der Waals surface area contributed by atoms with E-state index < -0.39 is 0 Å². The van der Waals surface area contributed by atoms with Gasteiger partial charge >= 0.3 is 0 Å². The molecule has 0 bridgehead atoms. The van der Waals surface area contributed by atoms with Crippen molar-refractivity contribution in [3.05, 3.63) is 83.7 Å². The molecule has 0 atom stereocenters. The van der Waals surface area contributed by atoms with E-state index in [2.05, 4.69) is 5.32 Å². The van der Waals surface area contributed by atoms with E-state index in [1.165, 1.54) is 0 Å². The lowest BCUT2D eigenvalue weighted by Gasteiger charge is -2.12. The fourth-order valence-corrected chi connectivity index (χ4v) is 3.28. The first-order valence-corrected chi connectivity index (χ1v) is 9.06. The molecule has 1 N–H and O–H groups in total. The fourth-order valence-electron chi connectivity index (χ4n) is 3.28. The Kier molecular flexibility index (Phi) is 4.57. The number of aromatic nitrogens is 2. The van der Waals surface area contributed by atoms with Gasteiger partial charge in [-0.1, -0.05) is 24.3 Å². The Bertz CT molecular complexity index is 1180. The van der Waals surface area contributed by atoms with Gasteiger partial charge in [0, 0.05) is 23.5 Å². The summed E-state index contributed by atoms with van der Waals surface area (Å²) < 4.78 is 7.44. The van der Waals surface area contributed by atoms with E-state index in [0.717, 1.165) is 28.0 Å². The van der Waals surface area contributed by atoms with Gasteiger partial charge in [0.2, 0.25) is 0 Å². The molecule has 1 amide bonds. The Morgan fingerprint density at radius 2 is 1.82 bits per heavy atom. The lowest BCUT2D eigenvalue weighted by atomic mass is 10.1. The number of amides is 1. The molecule has 4 rings (SSSR count). The largest absolute Gasteiger partial charge is 0.495 e. The molecule has 5 nitrogen and oxygen atoms in total. The summed E-state index contributed by atoms with van der Waals surface area (Å²) in [6.45, 7) is 3.95. The molecule has 0 unspecified atom stereocenters. The number of rotatable bonds is 4. The molecule has 0 saturated heterocycles. The number of nitrogens with zero attached hydrogens (tertiary/aromatic N) is 2. The van der Waals surface area contributed by atoms with E-state index in [1.807, 2.05) is 85.2 Å². The molecule has 28 heavy (non-hydrogen) atoms. The Labute approximate surface area is 163 Å². The zero-order chi connectivity index (χ0) is 19.7. The number of carbonyl (C=O) groups is 1. The summed E-state index contributed by atoms with van der Waals surface area (Å²) in [6.07, 6.45) is 3.96. The number of nitrogens with one attached hydrogen (secondary N) is 1. The van der Waals surface area contributed by atoms with E-state index >= 15 is 0 Å². The van der Waals surface area contributed by atoms with Gasteiger partial charge in [-0.2, -0.15) is 0 Å². The number of imidazole rings is 1. The number of pyridine rings is 1. The van der Waals surface area contributed by atoms with Crippen molar-refractivity contribution in [3.63, 3.8) is 0 Å². The van der Waals surface area contributed by atoms with Crippen LogP contribution < -0.4 is 10.1 Å². The number of hydrogen-bond donors (Lipinski definition) is 1. The number of carbonyl (C=O) groups excluding carboxylic acids is 1. The molecule has 0 fully saturated rings. The summed E-state index contributed by atoms with van der Waals surface area (Å²) in [4.78, 5) is 17.5. The second-order valence-corrected chi connectivity index (χ2v) is 6.73. The summed E-state index contributed by atoms with van der Waals surface area (Å²) in [5.41, 5.74) is 5.94. The molecule has 0 aliphatic carbocycles. The van der Waals surface area contributed by atoms with Gasteiger partial charge in [-0.05, 0) is 55.3 Å². The molecule has 2 aromatic heterocycles. The second-order valence-electron chi connectivity index (χ2n) is 6.73. The second kappa shape index (κ2) is 7.19. The predicted octanol–water partition coefficient (Wildman–Crippen LogP) is 4.88. The van der Waals surface area contributed by atoms with Crippen LogP contribution in [0.1, 0.15) is 21.5 Å². The SMILES string of the molecule is COc1ccc(-c2cn3cccc(C)c3n2)cc1NC(=O)c1ccccc1C. The monoisotopic (exact) mass is 371 g/mol. The Morgan fingerprint density at radius 3 is 2.57 bits per heavy atom. The van der Waals surface area contributed by atoms with Crippen molar-refractivity contribution in [2.24, 2.45) is 0 Å². The smallest absolute Gasteiger partial charge is 0.256 e. The van der Waals surface area contributed by atoms with Gasteiger partial charge in [-0.15, -0.1) is 0 Å². The van der Waals surface area contributed by atoms with Crippen LogP contribution in [0.2, 0.25) is 0 Å². The van der Waals surface area contributed by atoms with Crippen LogP contribution >= 0.6 is 0 Å². The summed E-state index contributed by atoms with van der Waals surface area (Å²) >= 11 is 0. The third-order valence-corrected chi connectivity index (χ3v) is 4.81. The Balaban J connectivity index is 1.72. The van der Waals surface area contributed by atoms with E-state index in [0.29, 0.717) is 17.0 Å². The minimum atomic E-state index is -0.167. The van der Waals surface area contributed by atoms with Gasteiger partial charge in [-0.25, -0.2) is 4.98 Å². The van der Waals surface area contributed by atoms with Crippen molar-refractivity contribution in [1.82, 2.24) is 9.38 Å². The molecule has 0 spiro atoms. The van der Waals surface area contributed by atoms with Gasteiger partial charge in [0.1, 0.15) is 11.4 Å². The highest BCUT2D eigenvalue weighted by atomic mass is 16.5. The van der Waals surface area contributed by atoms with E-state index in [-0.39, 0.29) is 5.91 Å². The number of anilines is 1. The van der Waals surface area contributed by atoms with Crippen LogP contribution in [0.5, 0.6) is 5.75 Å². The zero-order valence-electron chi connectivity index (χ0n) is 16.1. The van der Waals surface area contributed by atoms with Crippen LogP contribution in [0, 0.1) is 13.8 Å². The molecule has 140 valence electrons. The van der Waals surface area contributed by atoms with Crippen LogP contribution in [0.25, 0.3) is 16.9 Å². The third kappa shape index (κ3) is 3.22. The van der Waals surface area contributed by atoms with Gasteiger partial charge in [0.25, 0.3) is 5.91 Å². The predicted molar refractivity (Wildman–Crippen MR) is 111 cm³/mol. The molecular weight excluding hydrogens is 350 g/mol. The number of aryl methyl sites for hydroxylation is 2. The summed E-state index contributed by atoms with van der Waals surface area (Å²) in [5, 5.41) is 2.98. The van der Waals surface area contributed by atoms with Gasteiger partial charge in [0.05, 0.1) is 18.5 Å². The third-order valence-electron chi connectivity index (χ3n) is 4.81. The first kappa shape index (κ1) is 17.8. The average Bonchev–Trinajstić information content (AvgIpc) is 3.14. The number of ether oxygens (including phenoxy) is 1. The fraction of sp³-hybridized carbons (Fsp3) is 0.130. The normalized spacial score (nSPS) is 10.8. The highest BCUT2D eigenvalue weighted by molar-refractivity contribution is 6.06. The van der Waals surface area contributed by atoms with Crippen LogP contribution in [0.3, 0.4) is 0 Å². The maximum atomic E-state index is 12.7. The van der Waals surface area contributed by atoms with E-state index in [1.54, 1.807) is 7.11 Å². The van der Waals surface area contributed by atoms with Crippen LogP contribution in [0.4, 0.5) is 5.69 Å². The van der Waals surface area contributed by atoms with Crippen molar-refractivity contribution in [3.8, 4) is 17.0 Å². The molecule has 5 heteroatoms. The van der Waals surface area contributed by atoms with Crippen molar-refractivity contribution in [1.29, 1.82) is 0 Å². The zero-order valence-corrected chi connectivity index (χ0v) is 16.1. The maximum absolute atomic E-state index is 12.7. The first-order valence-electron chi connectivity index (χ1n) is 9.06. The molecule has 0 aliphatic heterocycles. The molecule has 4 aromatic rings. The van der Waals surface area contributed by atoms with Crippen LogP contribution in [-0.4, -0.2) is 22.4 Å². The number of fused-ring (bicyclic) bond motifs is 1. The van der Waals surface area contributed by atoms with Crippen molar-refractivity contribution in [2.75, 3.05) is 12.4 Å². The topological polar surface area (TPSA) is 55.6 Å². The number of benzene rings is 2. The number of methoxy groups -OCH3 is 1. The quantitative estimate of drug-likeness (QED) is 0.556. The van der Waals surface area contributed by atoms with Crippen molar-refractivity contribution in [2.45, 2.75) is 13.8 Å². The van der Waals surface area contributed by atoms with E-state index in [4.69, 9.17) is 9.72 Å². The molecular formula is C23H21N3O2. The molecule has 0 radical (unpaired) electrons. The Hall–Kier alpha value is -3.60. The lowest BCUT2D eigenvalue weighted by molar-refractivity contribution is 0.102. The van der Waals surface area contributed by atoms with Crippen molar-refractivity contribution >= 4 is 17.2 Å². The van der Waals surface area contributed by atoms with E-state index in [9.17, 15) is 4.79 Å². The first-order chi connectivity index (χ1) is 13.6. The highest BCUT2D eigenvalue weighted by Crippen LogP contribution is 2.31. The van der Waals surface area contributed by atoms with Crippen LogP contribution in [-0.2, 0) is 0 Å². The maximum Gasteiger partial charge on any atom is 0.256 e. The molecule has 0 saturated carbocycles. The average molecular weight is 371 g/mol. The molecule has 2 heterocycles. The minimum Gasteiger partial charge on any atom is -0.495 e. The van der Waals surface area contributed by atoms with Crippen LogP contribution in [0.15, 0.2) is 67.0 Å².